The number of thiophene rings is 1. The van der Waals surface area contributed by atoms with Gasteiger partial charge in [-0.1, -0.05) is 44.2 Å². The number of hydrogen-bond acceptors (Lipinski definition) is 6. The summed E-state index contributed by atoms with van der Waals surface area (Å²) in [7, 11) is 0. The van der Waals surface area contributed by atoms with Crippen molar-refractivity contribution in [3.05, 3.63) is 85.5 Å². The summed E-state index contributed by atoms with van der Waals surface area (Å²) >= 11 is 1.35. The van der Waals surface area contributed by atoms with Crippen LogP contribution in [0.15, 0.2) is 63.1 Å². The number of imidazole rings is 1. The molecule has 0 atom stereocenters. The van der Waals surface area contributed by atoms with Crippen LogP contribution in [-0.4, -0.2) is 30.5 Å². The normalized spacial score (nSPS) is 11.1. The Morgan fingerprint density at radius 3 is 2.50 bits per heavy atom. The molecule has 3 heterocycles. The van der Waals surface area contributed by atoms with Gasteiger partial charge in [0.05, 0.1) is 18.4 Å². The van der Waals surface area contributed by atoms with Crippen LogP contribution < -0.4 is 22.1 Å². The van der Waals surface area contributed by atoms with Gasteiger partial charge in [0, 0.05) is 11.9 Å². The van der Waals surface area contributed by atoms with E-state index >= 15 is 0 Å². The summed E-state index contributed by atoms with van der Waals surface area (Å²) in [4.78, 5) is 55.6. The third-order valence-electron chi connectivity index (χ3n) is 5.13. The second kappa shape index (κ2) is 9.87. The standard InChI is InChI=1S/C23H24N6O4S/c1-15(2)10-27-14-24-20-19(27)22(32)29(23(33)28(20)11-16-6-4-3-5-7-16)12-18(30)25-26-21(31)17-8-9-34-13-17/h3-9,13-15H,10-12H2,1-2H3,(H,25,30)(H,26,31). The molecule has 34 heavy (non-hydrogen) atoms. The molecule has 10 nitrogen and oxygen atoms in total. The average molecular weight is 481 g/mol. The Labute approximate surface area is 198 Å². The molecule has 0 radical (unpaired) electrons. The van der Waals surface area contributed by atoms with Crippen LogP contribution in [0.1, 0.15) is 29.8 Å². The zero-order valence-electron chi connectivity index (χ0n) is 18.7. The maximum absolute atomic E-state index is 13.3. The number of carbonyl (C=O) groups is 2. The van der Waals surface area contributed by atoms with Crippen molar-refractivity contribution in [3.63, 3.8) is 0 Å². The van der Waals surface area contributed by atoms with E-state index in [4.69, 9.17) is 0 Å². The number of carbonyl (C=O) groups excluding carboxylic acids is 2. The van der Waals surface area contributed by atoms with Gasteiger partial charge in [0.1, 0.15) is 6.54 Å². The fourth-order valence-corrected chi connectivity index (χ4v) is 4.23. The van der Waals surface area contributed by atoms with Gasteiger partial charge in [0.25, 0.3) is 17.4 Å². The zero-order chi connectivity index (χ0) is 24.2. The van der Waals surface area contributed by atoms with Gasteiger partial charge in [-0.3, -0.25) is 29.8 Å². The van der Waals surface area contributed by atoms with Crippen molar-refractivity contribution < 1.29 is 9.59 Å². The minimum atomic E-state index is -0.705. The van der Waals surface area contributed by atoms with Crippen LogP contribution >= 0.6 is 11.3 Å². The maximum atomic E-state index is 13.3. The van der Waals surface area contributed by atoms with Gasteiger partial charge in [0.15, 0.2) is 11.2 Å². The first-order valence-electron chi connectivity index (χ1n) is 10.7. The number of hydrogen-bond donors (Lipinski definition) is 2. The van der Waals surface area contributed by atoms with Gasteiger partial charge in [-0.15, -0.1) is 0 Å². The van der Waals surface area contributed by atoms with Crippen molar-refractivity contribution in [2.24, 2.45) is 5.92 Å². The van der Waals surface area contributed by atoms with Crippen LogP contribution in [0.25, 0.3) is 11.2 Å². The fourth-order valence-electron chi connectivity index (χ4n) is 3.59. The lowest BCUT2D eigenvalue weighted by atomic mass is 10.2. The number of rotatable bonds is 7. The van der Waals surface area contributed by atoms with E-state index in [0.717, 1.165) is 10.1 Å². The predicted molar refractivity (Wildman–Crippen MR) is 129 cm³/mol. The quantitative estimate of drug-likeness (QED) is 0.389. The third-order valence-corrected chi connectivity index (χ3v) is 5.81. The molecule has 0 fully saturated rings. The van der Waals surface area contributed by atoms with Crippen LogP contribution in [0.4, 0.5) is 0 Å². The average Bonchev–Trinajstić information content (AvgIpc) is 3.49. The fraction of sp³-hybridized carbons (Fsp3) is 0.261. The second-order valence-electron chi connectivity index (χ2n) is 8.22. The molecule has 0 saturated carbocycles. The molecule has 0 aliphatic heterocycles. The topological polar surface area (TPSA) is 120 Å². The highest BCUT2D eigenvalue weighted by Crippen LogP contribution is 2.12. The van der Waals surface area contributed by atoms with Crippen molar-refractivity contribution in [1.29, 1.82) is 0 Å². The van der Waals surface area contributed by atoms with Gasteiger partial charge in [-0.2, -0.15) is 11.3 Å². The molecular weight excluding hydrogens is 456 g/mol. The summed E-state index contributed by atoms with van der Waals surface area (Å²) in [5, 5.41) is 3.37. The second-order valence-corrected chi connectivity index (χ2v) is 9.00. The Morgan fingerprint density at radius 2 is 1.82 bits per heavy atom. The van der Waals surface area contributed by atoms with E-state index in [1.165, 1.54) is 15.9 Å². The molecule has 3 aromatic heterocycles. The Bertz CT molecular complexity index is 1430. The van der Waals surface area contributed by atoms with Gasteiger partial charge in [-0.25, -0.2) is 14.3 Å². The number of hydrazine groups is 1. The highest BCUT2D eigenvalue weighted by molar-refractivity contribution is 7.08. The monoisotopic (exact) mass is 480 g/mol. The summed E-state index contributed by atoms with van der Waals surface area (Å²) in [5.74, 6) is -0.965. The van der Waals surface area contributed by atoms with E-state index in [2.05, 4.69) is 15.8 Å². The lowest BCUT2D eigenvalue weighted by molar-refractivity contribution is -0.122. The lowest BCUT2D eigenvalue weighted by Crippen LogP contribution is -2.48. The van der Waals surface area contributed by atoms with Crippen molar-refractivity contribution in [1.82, 2.24) is 29.5 Å². The van der Waals surface area contributed by atoms with E-state index in [1.54, 1.807) is 27.7 Å². The highest BCUT2D eigenvalue weighted by atomic mass is 32.1. The first-order valence-corrected chi connectivity index (χ1v) is 11.6. The summed E-state index contributed by atoms with van der Waals surface area (Å²) in [6.45, 7) is 4.17. The van der Waals surface area contributed by atoms with E-state index < -0.39 is 29.6 Å². The first-order chi connectivity index (χ1) is 16.3. The van der Waals surface area contributed by atoms with E-state index in [0.29, 0.717) is 12.1 Å². The highest BCUT2D eigenvalue weighted by Gasteiger charge is 2.20. The number of benzene rings is 1. The van der Waals surface area contributed by atoms with Crippen molar-refractivity contribution in [2.45, 2.75) is 33.5 Å². The van der Waals surface area contributed by atoms with Gasteiger partial charge < -0.3 is 4.57 Å². The smallest absolute Gasteiger partial charge is 0.324 e. The molecule has 0 aliphatic rings. The third kappa shape index (κ3) is 4.84. The van der Waals surface area contributed by atoms with Gasteiger partial charge in [-0.05, 0) is 22.9 Å². The van der Waals surface area contributed by atoms with E-state index in [9.17, 15) is 19.2 Å². The van der Waals surface area contributed by atoms with Crippen LogP contribution in [0.3, 0.4) is 0 Å². The summed E-state index contributed by atoms with van der Waals surface area (Å²) in [6, 6.07) is 10.9. The Morgan fingerprint density at radius 1 is 1.06 bits per heavy atom. The molecule has 0 aliphatic carbocycles. The molecule has 0 bridgehead atoms. The molecule has 0 spiro atoms. The van der Waals surface area contributed by atoms with Crippen LogP contribution in [0.2, 0.25) is 0 Å². The Kier molecular flexibility index (Phi) is 6.73. The zero-order valence-corrected chi connectivity index (χ0v) is 19.5. The predicted octanol–water partition coefficient (Wildman–Crippen LogP) is 1.59. The molecule has 176 valence electrons. The SMILES string of the molecule is CC(C)Cn1cnc2c1c(=O)n(CC(=O)NNC(=O)c1ccsc1)c(=O)n2Cc1ccccc1. The Balaban J connectivity index is 1.70. The summed E-state index contributed by atoms with van der Waals surface area (Å²) < 4.78 is 3.96. The minimum Gasteiger partial charge on any atom is -0.324 e. The molecule has 0 unspecified atom stereocenters. The number of nitrogens with zero attached hydrogens (tertiary/aromatic N) is 4. The molecular formula is C23H24N6O4S. The largest absolute Gasteiger partial charge is 0.333 e. The van der Waals surface area contributed by atoms with Crippen LogP contribution in [-0.2, 0) is 24.4 Å². The molecule has 2 N–H and O–H groups in total. The molecule has 2 amide bonds. The number of aromatic nitrogens is 4. The van der Waals surface area contributed by atoms with E-state index in [1.807, 2.05) is 44.2 Å². The van der Waals surface area contributed by atoms with Crippen molar-refractivity contribution in [2.75, 3.05) is 0 Å². The molecule has 0 saturated heterocycles. The van der Waals surface area contributed by atoms with E-state index in [-0.39, 0.29) is 23.6 Å². The molecule has 1 aromatic carbocycles. The number of amides is 2. The number of fused-ring (bicyclic) bond motifs is 1. The summed E-state index contributed by atoms with van der Waals surface area (Å²) in [6.07, 6.45) is 1.54. The van der Waals surface area contributed by atoms with Gasteiger partial charge in [0.2, 0.25) is 0 Å². The van der Waals surface area contributed by atoms with Gasteiger partial charge >= 0.3 is 5.69 Å². The van der Waals surface area contributed by atoms with Crippen LogP contribution in [0, 0.1) is 5.92 Å². The lowest BCUT2D eigenvalue weighted by Gasteiger charge is -2.14. The maximum Gasteiger partial charge on any atom is 0.333 e. The molecule has 11 heteroatoms. The first kappa shape index (κ1) is 23.2. The summed E-state index contributed by atoms with van der Waals surface area (Å²) in [5.41, 5.74) is 5.05. The Hall–Kier alpha value is -3.99. The minimum absolute atomic E-state index is 0.186. The van der Waals surface area contributed by atoms with Crippen molar-refractivity contribution in [3.8, 4) is 0 Å². The van der Waals surface area contributed by atoms with Crippen molar-refractivity contribution >= 4 is 34.3 Å². The molecule has 4 rings (SSSR count). The molecule has 4 aromatic rings. The number of nitrogens with one attached hydrogen (secondary N) is 2. The van der Waals surface area contributed by atoms with Crippen LogP contribution in [0.5, 0.6) is 0 Å².